The molecule has 0 unspecified atom stereocenters. The van der Waals surface area contributed by atoms with Crippen molar-refractivity contribution in [2.75, 3.05) is 20.6 Å². The van der Waals surface area contributed by atoms with E-state index in [-0.39, 0.29) is 18.2 Å². The van der Waals surface area contributed by atoms with E-state index in [4.69, 9.17) is 23.2 Å². The summed E-state index contributed by atoms with van der Waals surface area (Å²) in [6, 6.07) is 3.72. The van der Waals surface area contributed by atoms with Gasteiger partial charge in [-0.2, -0.15) is 5.10 Å². The molecular formula is C19H19Cl2N5O2. The number of nitrogens with zero attached hydrogens (tertiary/aromatic N) is 4. The molecule has 0 fully saturated rings. The molecular weight excluding hydrogens is 401 g/mol. The number of benzene rings is 1. The van der Waals surface area contributed by atoms with Crippen LogP contribution in [0.3, 0.4) is 0 Å². The number of aromatic amines is 1. The van der Waals surface area contributed by atoms with E-state index in [0.29, 0.717) is 29.7 Å². The minimum Gasteiger partial charge on any atom is -0.348 e. The Morgan fingerprint density at radius 2 is 2.04 bits per heavy atom. The first-order valence-electron chi connectivity index (χ1n) is 8.84. The Morgan fingerprint density at radius 1 is 1.25 bits per heavy atom. The van der Waals surface area contributed by atoms with Crippen LogP contribution in [0.5, 0.6) is 0 Å². The molecule has 0 saturated heterocycles. The van der Waals surface area contributed by atoms with Crippen molar-refractivity contribution in [3.05, 3.63) is 40.3 Å². The zero-order chi connectivity index (χ0) is 20.0. The second-order valence-corrected chi connectivity index (χ2v) is 7.78. The third-order valence-corrected chi connectivity index (χ3v) is 5.89. The number of aromatic nitrogens is 3. The normalized spacial score (nSPS) is 13.6. The van der Waals surface area contributed by atoms with Crippen molar-refractivity contribution in [1.29, 1.82) is 0 Å². The zero-order valence-electron chi connectivity index (χ0n) is 15.5. The number of rotatable bonds is 3. The minimum absolute atomic E-state index is 0.138. The lowest BCUT2D eigenvalue weighted by atomic mass is 10.0. The van der Waals surface area contributed by atoms with Crippen LogP contribution in [0.15, 0.2) is 24.5 Å². The second kappa shape index (κ2) is 7.14. The van der Waals surface area contributed by atoms with Crippen LogP contribution >= 0.6 is 23.2 Å². The summed E-state index contributed by atoms with van der Waals surface area (Å²) < 4.78 is 2.11. The molecule has 1 aliphatic rings. The maximum Gasteiger partial charge on any atom is 0.232 e. The van der Waals surface area contributed by atoms with Crippen molar-refractivity contribution >= 4 is 45.9 Å². The Labute approximate surface area is 171 Å². The van der Waals surface area contributed by atoms with Crippen molar-refractivity contribution in [2.24, 2.45) is 0 Å². The molecule has 0 atom stereocenters. The van der Waals surface area contributed by atoms with E-state index in [1.165, 1.54) is 4.90 Å². The molecule has 0 bridgehead atoms. The summed E-state index contributed by atoms with van der Waals surface area (Å²) >= 11 is 12.8. The topological polar surface area (TPSA) is 74.2 Å². The van der Waals surface area contributed by atoms with Crippen LogP contribution in [0.4, 0.5) is 0 Å². The molecule has 1 aliphatic heterocycles. The summed E-state index contributed by atoms with van der Waals surface area (Å²) in [7, 11) is 3.29. The Kier molecular flexibility index (Phi) is 4.81. The molecule has 1 N–H and O–H groups in total. The molecule has 1 aromatic carbocycles. The van der Waals surface area contributed by atoms with Crippen LogP contribution in [0.2, 0.25) is 10.0 Å². The predicted molar refractivity (Wildman–Crippen MR) is 108 cm³/mol. The van der Waals surface area contributed by atoms with E-state index >= 15 is 0 Å². The van der Waals surface area contributed by atoms with Gasteiger partial charge in [0.15, 0.2) is 0 Å². The summed E-state index contributed by atoms with van der Waals surface area (Å²) in [6.07, 6.45) is 3.42. The fourth-order valence-electron chi connectivity index (χ4n) is 3.64. The van der Waals surface area contributed by atoms with E-state index in [9.17, 15) is 9.59 Å². The maximum absolute atomic E-state index is 12.7. The minimum atomic E-state index is -0.207. The molecule has 28 heavy (non-hydrogen) atoms. The van der Waals surface area contributed by atoms with Crippen molar-refractivity contribution in [1.82, 2.24) is 24.6 Å². The highest BCUT2D eigenvalue weighted by molar-refractivity contribution is 6.45. The molecule has 0 saturated carbocycles. The second-order valence-electron chi connectivity index (χ2n) is 7.00. The van der Waals surface area contributed by atoms with Gasteiger partial charge in [0.05, 0.1) is 28.3 Å². The first kappa shape index (κ1) is 18.8. The summed E-state index contributed by atoms with van der Waals surface area (Å²) in [5, 5.41) is 8.85. The molecule has 3 aromatic rings. The fourth-order valence-corrected chi connectivity index (χ4v) is 4.06. The number of H-pyrrole nitrogens is 1. The average molecular weight is 420 g/mol. The van der Waals surface area contributed by atoms with Crippen LogP contribution in [0, 0.1) is 0 Å². The van der Waals surface area contributed by atoms with E-state index in [0.717, 1.165) is 27.7 Å². The predicted octanol–water partition coefficient (Wildman–Crippen LogP) is 3.16. The zero-order valence-corrected chi connectivity index (χ0v) is 17.0. The largest absolute Gasteiger partial charge is 0.348 e. The van der Waals surface area contributed by atoms with E-state index in [2.05, 4.69) is 14.8 Å². The van der Waals surface area contributed by atoms with Gasteiger partial charge in [0.1, 0.15) is 6.42 Å². The standard InChI is InChI=1S/C19H19Cl2N5O2/c1-24(2)15(27)7-16(28)25-5-6-26-14(10-25)17(11-8-22-23-9-11)12-3-4-13(20)18(21)19(12)26/h3-4,8-9H,5-7,10H2,1-2H3,(H,22,23). The molecule has 3 heterocycles. The van der Waals surface area contributed by atoms with Gasteiger partial charge in [0, 0.05) is 55.6 Å². The van der Waals surface area contributed by atoms with Gasteiger partial charge in [-0.05, 0) is 6.07 Å². The smallest absolute Gasteiger partial charge is 0.232 e. The fraction of sp³-hybridized carbons (Fsp3) is 0.316. The van der Waals surface area contributed by atoms with Gasteiger partial charge in [-0.15, -0.1) is 0 Å². The number of amides is 2. The third-order valence-electron chi connectivity index (χ3n) is 5.10. The molecule has 7 nitrogen and oxygen atoms in total. The Hall–Kier alpha value is -2.51. The van der Waals surface area contributed by atoms with E-state index in [1.807, 2.05) is 12.3 Å². The van der Waals surface area contributed by atoms with Gasteiger partial charge in [-0.1, -0.05) is 29.3 Å². The van der Waals surface area contributed by atoms with Gasteiger partial charge < -0.3 is 14.4 Å². The first-order chi connectivity index (χ1) is 13.4. The number of hydrogen-bond acceptors (Lipinski definition) is 3. The molecule has 9 heteroatoms. The molecule has 146 valence electrons. The number of fused-ring (bicyclic) bond motifs is 3. The van der Waals surface area contributed by atoms with Gasteiger partial charge >= 0.3 is 0 Å². The summed E-state index contributed by atoms with van der Waals surface area (Å²) in [5.41, 5.74) is 3.70. The highest BCUT2D eigenvalue weighted by Crippen LogP contribution is 2.42. The number of carbonyl (C=O) groups excluding carboxylic acids is 2. The lowest BCUT2D eigenvalue weighted by Gasteiger charge is -2.30. The van der Waals surface area contributed by atoms with E-state index < -0.39 is 0 Å². The first-order valence-corrected chi connectivity index (χ1v) is 9.60. The summed E-state index contributed by atoms with van der Waals surface area (Å²) in [6.45, 7) is 1.47. The number of nitrogens with one attached hydrogen (secondary N) is 1. The molecule has 0 radical (unpaired) electrons. The van der Waals surface area contributed by atoms with Crippen LogP contribution in [0.1, 0.15) is 12.1 Å². The van der Waals surface area contributed by atoms with Crippen molar-refractivity contribution in [3.8, 4) is 11.1 Å². The van der Waals surface area contributed by atoms with Crippen LogP contribution in [-0.2, 0) is 22.7 Å². The van der Waals surface area contributed by atoms with Crippen molar-refractivity contribution in [3.63, 3.8) is 0 Å². The Balaban J connectivity index is 1.80. The van der Waals surface area contributed by atoms with Gasteiger partial charge in [0.2, 0.25) is 11.8 Å². The lowest BCUT2D eigenvalue weighted by molar-refractivity contribution is -0.140. The average Bonchev–Trinajstić information content (AvgIpc) is 3.29. The van der Waals surface area contributed by atoms with Gasteiger partial charge in [0.25, 0.3) is 0 Å². The molecule has 0 spiro atoms. The Bertz CT molecular complexity index is 1070. The number of halogens is 2. The number of hydrogen-bond donors (Lipinski definition) is 1. The summed E-state index contributed by atoms with van der Waals surface area (Å²) in [5.74, 6) is -0.390. The SMILES string of the molecule is CN(C)C(=O)CC(=O)N1CCn2c(c(-c3cn[nH]c3)c3ccc(Cl)c(Cl)c32)C1. The highest BCUT2D eigenvalue weighted by Gasteiger charge is 2.29. The lowest BCUT2D eigenvalue weighted by Crippen LogP contribution is -2.40. The van der Waals surface area contributed by atoms with E-state index in [1.54, 1.807) is 31.3 Å². The highest BCUT2D eigenvalue weighted by atomic mass is 35.5. The van der Waals surface area contributed by atoms with Crippen LogP contribution < -0.4 is 0 Å². The van der Waals surface area contributed by atoms with Crippen LogP contribution in [-0.4, -0.2) is 57.0 Å². The molecule has 2 aromatic heterocycles. The monoisotopic (exact) mass is 419 g/mol. The van der Waals surface area contributed by atoms with Crippen molar-refractivity contribution in [2.45, 2.75) is 19.5 Å². The Morgan fingerprint density at radius 3 is 2.71 bits per heavy atom. The molecule has 4 rings (SSSR count). The maximum atomic E-state index is 12.7. The van der Waals surface area contributed by atoms with Gasteiger partial charge in [-0.25, -0.2) is 0 Å². The van der Waals surface area contributed by atoms with Crippen LogP contribution in [0.25, 0.3) is 22.0 Å². The van der Waals surface area contributed by atoms with Crippen molar-refractivity contribution < 1.29 is 9.59 Å². The van der Waals surface area contributed by atoms with Gasteiger partial charge in [-0.3, -0.25) is 14.7 Å². The molecule has 0 aliphatic carbocycles. The molecule has 2 amide bonds. The number of carbonyl (C=O) groups is 2. The quantitative estimate of drug-likeness (QED) is 0.662. The summed E-state index contributed by atoms with van der Waals surface area (Å²) in [4.78, 5) is 27.8. The third kappa shape index (κ3) is 3.04.